The second kappa shape index (κ2) is 11.2. The predicted octanol–water partition coefficient (Wildman–Crippen LogP) is 4.60. The Morgan fingerprint density at radius 2 is 1.91 bits per heavy atom. The lowest BCUT2D eigenvalue weighted by molar-refractivity contribution is -0.384. The molecule has 0 aliphatic carbocycles. The molecule has 2 aromatic carbocycles. The zero-order valence-electron chi connectivity index (χ0n) is 19.4. The van der Waals surface area contributed by atoms with E-state index in [9.17, 15) is 24.1 Å². The predicted molar refractivity (Wildman–Crippen MR) is 128 cm³/mol. The van der Waals surface area contributed by atoms with Crippen LogP contribution in [0.4, 0.5) is 10.1 Å². The summed E-state index contributed by atoms with van der Waals surface area (Å²) < 4.78 is 19.6. The monoisotopic (exact) mass is 480 g/mol. The topological polar surface area (TPSA) is 127 Å². The number of nitrogens with zero attached hydrogens (tertiary/aromatic N) is 2. The molecule has 35 heavy (non-hydrogen) atoms. The summed E-state index contributed by atoms with van der Waals surface area (Å²) in [5, 5.41) is 17.4. The van der Waals surface area contributed by atoms with Gasteiger partial charge in [0.05, 0.1) is 16.7 Å². The van der Waals surface area contributed by atoms with Gasteiger partial charge in [-0.3, -0.25) is 19.7 Å². The van der Waals surface area contributed by atoms with Crippen LogP contribution in [0.15, 0.2) is 64.1 Å². The summed E-state index contributed by atoms with van der Waals surface area (Å²) in [5.41, 5.74) is 3.57. The van der Waals surface area contributed by atoms with Crippen molar-refractivity contribution in [2.45, 2.75) is 33.2 Å². The first-order valence-electron chi connectivity index (χ1n) is 10.9. The van der Waals surface area contributed by atoms with Gasteiger partial charge in [0.1, 0.15) is 23.4 Å². The first-order chi connectivity index (χ1) is 16.7. The number of nitro benzene ring substituents is 1. The molecule has 0 aliphatic heterocycles. The number of amides is 2. The minimum atomic E-state index is -0.922. The molecular formula is C25H25FN4O5. The number of carbonyl (C=O) groups excluding carboxylic acids is 2. The Bertz CT molecular complexity index is 1270. The molecule has 0 fully saturated rings. The molecule has 0 unspecified atom stereocenters. The maximum absolute atomic E-state index is 13.9. The smallest absolute Gasteiger partial charge is 0.269 e. The second-order valence-electron chi connectivity index (χ2n) is 8.33. The first kappa shape index (κ1) is 25.3. The summed E-state index contributed by atoms with van der Waals surface area (Å²) in [6.45, 7) is 5.52. The van der Waals surface area contributed by atoms with Gasteiger partial charge in [0.15, 0.2) is 0 Å². The van der Waals surface area contributed by atoms with Crippen molar-refractivity contribution in [3.8, 4) is 11.3 Å². The van der Waals surface area contributed by atoms with Gasteiger partial charge in [-0.1, -0.05) is 26.0 Å². The van der Waals surface area contributed by atoms with Crippen molar-refractivity contribution in [2.24, 2.45) is 11.0 Å². The largest absolute Gasteiger partial charge is 0.455 e. The molecule has 0 aliphatic rings. The Balaban J connectivity index is 1.67. The number of nitro groups is 1. The number of furan rings is 1. The maximum Gasteiger partial charge on any atom is 0.269 e. The number of rotatable bonds is 9. The maximum atomic E-state index is 13.9. The van der Waals surface area contributed by atoms with E-state index in [2.05, 4.69) is 15.8 Å². The van der Waals surface area contributed by atoms with Crippen molar-refractivity contribution in [3.63, 3.8) is 0 Å². The fraction of sp³-hybridized carbons (Fsp3) is 0.240. The van der Waals surface area contributed by atoms with E-state index in [1.807, 2.05) is 13.8 Å². The van der Waals surface area contributed by atoms with Crippen LogP contribution in [-0.2, 0) is 4.79 Å². The number of hydrogen-bond acceptors (Lipinski definition) is 6. The molecule has 9 nitrogen and oxygen atoms in total. The van der Waals surface area contributed by atoms with E-state index < -0.39 is 28.6 Å². The highest BCUT2D eigenvalue weighted by atomic mass is 19.1. The van der Waals surface area contributed by atoms with Crippen LogP contribution in [-0.4, -0.2) is 29.0 Å². The fourth-order valence-corrected chi connectivity index (χ4v) is 3.43. The molecule has 0 radical (unpaired) electrons. The summed E-state index contributed by atoms with van der Waals surface area (Å²) in [5.74, 6) is -1.02. The SMILES string of the molecule is Cc1cc([N+](=O)[O-])ccc1-c1ccc(/C=N\NC(=O)[C@@H](CC(C)C)NC(=O)c2ccccc2F)o1. The zero-order chi connectivity index (χ0) is 25.5. The van der Waals surface area contributed by atoms with Crippen molar-refractivity contribution in [2.75, 3.05) is 0 Å². The van der Waals surface area contributed by atoms with Gasteiger partial charge in [-0.15, -0.1) is 0 Å². The number of non-ortho nitro benzene ring substituents is 1. The molecule has 10 heteroatoms. The van der Waals surface area contributed by atoms with E-state index in [4.69, 9.17) is 4.42 Å². The van der Waals surface area contributed by atoms with Crippen LogP contribution < -0.4 is 10.7 Å². The average molecular weight is 480 g/mol. The molecule has 1 aromatic heterocycles. The number of halogens is 1. The lowest BCUT2D eigenvalue weighted by atomic mass is 10.0. The van der Waals surface area contributed by atoms with Crippen LogP contribution in [0.5, 0.6) is 0 Å². The Morgan fingerprint density at radius 3 is 2.57 bits per heavy atom. The molecule has 0 spiro atoms. The van der Waals surface area contributed by atoms with E-state index >= 15 is 0 Å². The number of hydrogen-bond donors (Lipinski definition) is 2. The van der Waals surface area contributed by atoms with Crippen LogP contribution in [0.2, 0.25) is 0 Å². The van der Waals surface area contributed by atoms with E-state index in [0.717, 1.165) is 0 Å². The minimum Gasteiger partial charge on any atom is -0.455 e. The van der Waals surface area contributed by atoms with Gasteiger partial charge in [0, 0.05) is 17.7 Å². The van der Waals surface area contributed by atoms with E-state index in [0.29, 0.717) is 29.1 Å². The van der Waals surface area contributed by atoms with Crippen molar-refractivity contribution < 1.29 is 23.3 Å². The van der Waals surface area contributed by atoms with Crippen LogP contribution in [0, 0.1) is 28.8 Å². The second-order valence-corrected chi connectivity index (χ2v) is 8.33. The van der Waals surface area contributed by atoms with Gasteiger partial charge in [-0.2, -0.15) is 5.10 Å². The van der Waals surface area contributed by atoms with Gasteiger partial charge in [-0.25, -0.2) is 9.82 Å². The van der Waals surface area contributed by atoms with Crippen molar-refractivity contribution in [3.05, 3.63) is 87.4 Å². The van der Waals surface area contributed by atoms with Gasteiger partial charge >= 0.3 is 0 Å². The molecule has 1 heterocycles. The first-order valence-corrected chi connectivity index (χ1v) is 10.9. The molecule has 0 saturated heterocycles. The molecular weight excluding hydrogens is 455 g/mol. The highest BCUT2D eigenvalue weighted by Crippen LogP contribution is 2.28. The van der Waals surface area contributed by atoms with Gasteiger partial charge in [0.2, 0.25) is 0 Å². The lowest BCUT2D eigenvalue weighted by Gasteiger charge is -2.19. The van der Waals surface area contributed by atoms with Crippen LogP contribution in [0.1, 0.15) is 41.9 Å². The van der Waals surface area contributed by atoms with Crippen LogP contribution in [0.3, 0.4) is 0 Å². The molecule has 1 atom stereocenters. The summed E-state index contributed by atoms with van der Waals surface area (Å²) in [7, 11) is 0. The third-order valence-electron chi connectivity index (χ3n) is 5.13. The quantitative estimate of drug-likeness (QED) is 0.263. The highest BCUT2D eigenvalue weighted by Gasteiger charge is 2.23. The Hall–Kier alpha value is -4.34. The summed E-state index contributed by atoms with van der Waals surface area (Å²) in [6, 6.07) is 12.4. The van der Waals surface area contributed by atoms with Crippen molar-refractivity contribution in [1.29, 1.82) is 0 Å². The summed E-state index contributed by atoms with van der Waals surface area (Å²) in [6.07, 6.45) is 1.62. The zero-order valence-corrected chi connectivity index (χ0v) is 19.4. The summed E-state index contributed by atoms with van der Waals surface area (Å²) in [4.78, 5) is 35.6. The average Bonchev–Trinajstić information content (AvgIpc) is 3.26. The highest BCUT2D eigenvalue weighted by molar-refractivity contribution is 5.97. The number of carbonyl (C=O) groups is 2. The van der Waals surface area contributed by atoms with Gasteiger partial charge < -0.3 is 9.73 Å². The van der Waals surface area contributed by atoms with Crippen molar-refractivity contribution >= 4 is 23.7 Å². The van der Waals surface area contributed by atoms with Crippen molar-refractivity contribution in [1.82, 2.24) is 10.7 Å². The summed E-state index contributed by atoms with van der Waals surface area (Å²) >= 11 is 0. The molecule has 0 saturated carbocycles. The van der Waals surface area contributed by atoms with Crippen LogP contribution in [0.25, 0.3) is 11.3 Å². The Labute approximate surface area is 201 Å². The third kappa shape index (κ3) is 6.59. The minimum absolute atomic E-state index is 0.0136. The lowest BCUT2D eigenvalue weighted by Crippen LogP contribution is -2.46. The van der Waals surface area contributed by atoms with Gasteiger partial charge in [0.25, 0.3) is 17.5 Å². The number of benzene rings is 2. The third-order valence-corrected chi connectivity index (χ3v) is 5.13. The molecule has 2 amide bonds. The number of aryl methyl sites for hydroxylation is 1. The van der Waals surface area contributed by atoms with E-state index in [1.54, 1.807) is 25.1 Å². The number of nitrogens with one attached hydrogen (secondary N) is 2. The van der Waals surface area contributed by atoms with Crippen LogP contribution >= 0.6 is 0 Å². The molecule has 182 valence electrons. The van der Waals surface area contributed by atoms with E-state index in [-0.39, 0.29) is 17.2 Å². The van der Waals surface area contributed by atoms with Gasteiger partial charge in [-0.05, 0) is 55.2 Å². The fourth-order valence-electron chi connectivity index (χ4n) is 3.43. The van der Waals surface area contributed by atoms with E-state index in [1.165, 1.54) is 42.6 Å². The normalized spacial score (nSPS) is 12.0. The molecule has 2 N–H and O–H groups in total. The Morgan fingerprint density at radius 1 is 1.17 bits per heavy atom. The molecule has 3 aromatic rings. The molecule has 0 bridgehead atoms. The number of hydrazone groups is 1. The molecule has 3 rings (SSSR count). The standard InChI is InChI=1S/C25H25FN4O5/c1-15(2)12-22(28-24(31)20-6-4-5-7-21(20)26)25(32)29-27-14-18-9-11-23(35-18)19-10-8-17(30(33)34)13-16(19)3/h4-11,13-15,22H,12H2,1-3H3,(H,28,31)(H,29,32)/b27-14-/t22-/m1/s1. The Kier molecular flexibility index (Phi) is 8.08.